The second-order valence-corrected chi connectivity index (χ2v) is 11.9. The van der Waals surface area contributed by atoms with E-state index in [-0.39, 0.29) is 0 Å². The van der Waals surface area contributed by atoms with Gasteiger partial charge in [-0.25, -0.2) is 4.74 Å². The number of alkyl halides is 34. The van der Waals surface area contributed by atoms with Crippen LogP contribution in [0.25, 0.3) is 0 Å². The van der Waals surface area contributed by atoms with E-state index in [4.69, 9.17) is 0 Å². The van der Waals surface area contributed by atoms with Crippen LogP contribution in [-0.4, -0.2) is 95.6 Å². The average molecular weight is 966 g/mol. The van der Waals surface area contributed by atoms with Gasteiger partial charge in [-0.05, 0) is 25.7 Å². The van der Waals surface area contributed by atoms with Gasteiger partial charge in [-0.15, -0.1) is 0 Å². The number of ether oxygens (including phenoxy) is 1. The number of halogens is 34. The number of hydrogen-bond acceptors (Lipinski definition) is 1. The maximum absolute atomic E-state index is 13.9. The second kappa shape index (κ2) is 15.7. The first kappa shape index (κ1) is 56.6. The Hall–Kier alpha value is -2.42. The number of unbranched alkanes of at least 4 members (excludes halogenated alkanes) is 2. The zero-order chi connectivity index (χ0) is 48.4. The minimum absolute atomic E-state index is 0.697. The molecule has 0 saturated carbocycles. The third kappa shape index (κ3) is 9.50. The highest BCUT2D eigenvalue weighted by atomic mass is 19.4. The highest BCUT2D eigenvalue weighted by Gasteiger charge is 2.96. The summed E-state index contributed by atoms with van der Waals surface area (Å²) in [6.07, 6.45) is -47.9. The van der Waals surface area contributed by atoms with Gasteiger partial charge in [0.25, 0.3) is 0 Å². The van der Waals surface area contributed by atoms with Crippen LogP contribution in [0, 0.1) is 0 Å². The summed E-state index contributed by atoms with van der Waals surface area (Å²) < 4.78 is 461. The lowest BCUT2D eigenvalue weighted by molar-refractivity contribution is -0.528. The molecule has 59 heavy (non-hydrogen) atoms. The first-order chi connectivity index (χ1) is 25.1. The van der Waals surface area contributed by atoms with Crippen molar-refractivity contribution in [2.24, 2.45) is 0 Å². The van der Waals surface area contributed by atoms with Crippen molar-refractivity contribution in [2.75, 3.05) is 0 Å². The zero-order valence-electron chi connectivity index (χ0n) is 26.9. The topological polar surface area (TPSA) is 9.23 Å². The van der Waals surface area contributed by atoms with Gasteiger partial charge in [0.2, 0.25) is 0 Å². The Labute approximate surface area is 302 Å². The minimum Gasteiger partial charge on any atom is -0.245 e. The first-order valence-electron chi connectivity index (χ1n) is 14.2. The Morgan fingerprint density at radius 1 is 0.203 bits per heavy atom. The van der Waals surface area contributed by atoms with Gasteiger partial charge < -0.3 is 0 Å². The normalized spacial score (nSPS) is 16.6. The van der Waals surface area contributed by atoms with Crippen molar-refractivity contribution in [3.05, 3.63) is 0 Å². The van der Waals surface area contributed by atoms with E-state index in [1.165, 1.54) is 0 Å². The van der Waals surface area contributed by atoms with E-state index in [9.17, 15) is 149 Å². The Morgan fingerprint density at radius 3 is 0.576 bits per heavy atom. The third-order valence-corrected chi connectivity index (χ3v) is 7.46. The molecule has 35 heteroatoms. The van der Waals surface area contributed by atoms with Gasteiger partial charge in [0.15, 0.2) is 0 Å². The molecule has 0 spiro atoms. The zero-order valence-corrected chi connectivity index (χ0v) is 26.9. The molecular formula is C24H16F34O. The van der Waals surface area contributed by atoms with Crippen molar-refractivity contribution < 1.29 is 154 Å². The van der Waals surface area contributed by atoms with Gasteiger partial charge in [0, 0.05) is 25.7 Å². The Balaban J connectivity index is 6.98. The fraction of sp³-hybridized carbons (Fsp3) is 1.00. The van der Waals surface area contributed by atoms with E-state index in [1.54, 1.807) is 0 Å². The summed E-state index contributed by atoms with van der Waals surface area (Å²) in [6.45, 7) is 0. The highest BCUT2D eigenvalue weighted by Crippen LogP contribution is 2.66. The Bertz CT molecular complexity index is 1300. The molecule has 356 valence electrons. The van der Waals surface area contributed by atoms with E-state index in [2.05, 4.69) is 0 Å². The van der Waals surface area contributed by atoms with Gasteiger partial charge in [0.1, 0.15) is 0 Å². The Morgan fingerprint density at radius 2 is 0.373 bits per heavy atom. The summed E-state index contributed by atoms with van der Waals surface area (Å²) in [4.78, 5) is 0. The largest absolute Gasteiger partial charge is 0.430 e. The van der Waals surface area contributed by atoms with Gasteiger partial charge in [0.05, 0.1) is 0 Å². The molecule has 0 aliphatic carbocycles. The summed E-state index contributed by atoms with van der Waals surface area (Å²) in [5.41, 5.74) is 0. The highest BCUT2D eigenvalue weighted by molar-refractivity contribution is 5.15. The van der Waals surface area contributed by atoms with Crippen LogP contribution in [0.2, 0.25) is 0 Å². The summed E-state index contributed by atoms with van der Waals surface area (Å²) >= 11 is 0. The van der Waals surface area contributed by atoms with E-state index in [0.29, 0.717) is 4.74 Å². The maximum atomic E-state index is 13.9. The van der Waals surface area contributed by atoms with Gasteiger partial charge in [-0.3, -0.25) is 0 Å². The van der Waals surface area contributed by atoms with Crippen LogP contribution in [0.3, 0.4) is 0 Å². The molecule has 0 aromatic carbocycles. The monoisotopic (exact) mass is 966 g/mol. The smallest absolute Gasteiger partial charge is 0.245 e. The lowest BCUT2D eigenvalue weighted by atomic mass is 9.89. The lowest BCUT2D eigenvalue weighted by Crippen LogP contribution is -2.75. The predicted octanol–water partition coefficient (Wildman–Crippen LogP) is 14.1. The van der Waals surface area contributed by atoms with Crippen molar-refractivity contribution in [3.63, 3.8) is 0 Å². The van der Waals surface area contributed by atoms with Crippen molar-refractivity contribution in [1.29, 1.82) is 0 Å². The molecule has 0 heterocycles. The van der Waals surface area contributed by atoms with Crippen LogP contribution >= 0.6 is 0 Å². The first-order valence-corrected chi connectivity index (χ1v) is 14.2. The van der Waals surface area contributed by atoms with E-state index < -0.39 is 147 Å². The molecule has 0 saturated heterocycles. The molecule has 0 atom stereocenters. The van der Waals surface area contributed by atoms with Gasteiger partial charge in [-0.1, -0.05) is 0 Å². The molecule has 0 fully saturated rings. The van der Waals surface area contributed by atoms with Gasteiger partial charge >= 0.3 is 95.6 Å². The fourth-order valence-corrected chi connectivity index (χ4v) is 3.96. The van der Waals surface area contributed by atoms with Crippen molar-refractivity contribution in [2.45, 2.75) is 147 Å². The summed E-state index contributed by atoms with van der Waals surface area (Å²) in [5, 5.41) is 0. The van der Waals surface area contributed by atoms with Crippen LogP contribution in [0.1, 0.15) is 51.4 Å². The quantitative estimate of drug-likeness (QED) is 0.0776. The second-order valence-electron chi connectivity index (χ2n) is 11.9. The molecule has 0 N–H and O–H groups in total. The molecule has 0 unspecified atom stereocenters. The molecule has 0 aliphatic rings. The third-order valence-electron chi connectivity index (χ3n) is 7.46. The molecule has 0 radical (unpaired) electrons. The standard InChI is InChI=1S/C24H16F34O/c25-9(26,5-1-3-7-11(29,30)31)13(35,36)15(39,40)17(43,44)19(47,48)21(51,52)23(55,56)59-24(57,58)22(53,54)20(49,50)18(45,46)16(41,42)14(37,38)10(27,28)6-2-4-8-12(32,33)34/h1-8H2. The molecule has 0 amide bonds. The summed E-state index contributed by atoms with van der Waals surface area (Å²) in [6, 6.07) is 0. The fourth-order valence-electron chi connectivity index (χ4n) is 3.96. The minimum atomic E-state index is -9.50. The molecule has 0 rings (SSSR count). The van der Waals surface area contributed by atoms with Crippen molar-refractivity contribution in [1.82, 2.24) is 0 Å². The summed E-state index contributed by atoms with van der Waals surface area (Å²) in [5.74, 6) is -106. The van der Waals surface area contributed by atoms with E-state index in [1.807, 2.05) is 0 Å². The SMILES string of the molecule is FC(F)(F)CCCCC(F)(F)C(F)(F)C(F)(F)C(F)(F)C(F)(F)C(F)(F)C(F)(F)OC(F)(F)C(F)(F)C(F)(F)C(F)(F)C(F)(F)C(F)(F)C(F)(F)CCCCC(F)(F)F. The van der Waals surface area contributed by atoms with Crippen molar-refractivity contribution >= 4 is 0 Å². The number of hydrogen-bond donors (Lipinski definition) is 0. The molecule has 0 bridgehead atoms. The molecule has 0 aromatic rings. The maximum Gasteiger partial charge on any atom is 0.430 e. The van der Waals surface area contributed by atoms with Crippen molar-refractivity contribution in [3.8, 4) is 0 Å². The van der Waals surface area contributed by atoms with Crippen LogP contribution in [0.15, 0.2) is 0 Å². The van der Waals surface area contributed by atoms with E-state index >= 15 is 0 Å². The van der Waals surface area contributed by atoms with Gasteiger partial charge in [-0.2, -0.15) is 149 Å². The van der Waals surface area contributed by atoms with Crippen LogP contribution in [0.5, 0.6) is 0 Å². The van der Waals surface area contributed by atoms with E-state index in [0.717, 1.165) is 0 Å². The molecular weight excluding hydrogens is 950 g/mol. The average Bonchev–Trinajstić information content (AvgIpc) is 2.98. The molecule has 0 aromatic heterocycles. The Kier molecular flexibility index (Phi) is 15.1. The molecule has 1 nitrogen and oxygen atoms in total. The predicted molar refractivity (Wildman–Crippen MR) is 119 cm³/mol. The summed E-state index contributed by atoms with van der Waals surface area (Å²) in [7, 11) is 0. The lowest BCUT2D eigenvalue weighted by Gasteiger charge is -2.44. The number of rotatable bonds is 22. The van der Waals surface area contributed by atoms with Crippen LogP contribution < -0.4 is 0 Å². The van der Waals surface area contributed by atoms with Crippen LogP contribution in [-0.2, 0) is 4.74 Å². The van der Waals surface area contributed by atoms with Crippen LogP contribution in [0.4, 0.5) is 149 Å². The molecule has 0 aliphatic heterocycles.